The second-order valence-corrected chi connectivity index (χ2v) is 4.47. The summed E-state index contributed by atoms with van der Waals surface area (Å²) in [5.74, 6) is -0.679. The Morgan fingerprint density at radius 1 is 1.45 bits per heavy atom. The van der Waals surface area contributed by atoms with Gasteiger partial charge in [0.15, 0.2) is 5.69 Å². The number of halogens is 1. The van der Waals surface area contributed by atoms with Crippen LogP contribution in [0.25, 0.3) is 5.69 Å². The van der Waals surface area contributed by atoms with Crippen LogP contribution >= 0.6 is 0 Å². The predicted molar refractivity (Wildman–Crippen MR) is 70.0 cm³/mol. The van der Waals surface area contributed by atoms with Gasteiger partial charge in [0.2, 0.25) is 0 Å². The maximum Gasteiger partial charge on any atom is 0.276 e. The summed E-state index contributed by atoms with van der Waals surface area (Å²) in [6, 6.07) is 5.38. The predicted octanol–water partition coefficient (Wildman–Crippen LogP) is 0.859. The molecule has 1 N–H and O–H groups in total. The van der Waals surface area contributed by atoms with Crippen LogP contribution in [-0.4, -0.2) is 50.6 Å². The van der Waals surface area contributed by atoms with Crippen LogP contribution in [0.1, 0.15) is 17.4 Å². The summed E-state index contributed by atoms with van der Waals surface area (Å²) in [7, 11) is 1.58. The van der Waals surface area contributed by atoms with Gasteiger partial charge in [0.1, 0.15) is 5.82 Å². The number of aliphatic hydroxyl groups is 1. The normalized spacial score (nSPS) is 12.2. The summed E-state index contributed by atoms with van der Waals surface area (Å²) in [6.07, 6.45) is 1.47. The van der Waals surface area contributed by atoms with Crippen LogP contribution in [0.3, 0.4) is 0 Å². The van der Waals surface area contributed by atoms with E-state index in [1.807, 2.05) is 0 Å². The molecule has 1 aromatic heterocycles. The molecule has 0 radical (unpaired) electrons. The second-order valence-electron chi connectivity index (χ2n) is 4.47. The van der Waals surface area contributed by atoms with E-state index in [2.05, 4.69) is 10.3 Å². The maximum atomic E-state index is 12.8. The van der Waals surface area contributed by atoms with Gasteiger partial charge in [-0.05, 0) is 31.2 Å². The first-order chi connectivity index (χ1) is 9.52. The van der Waals surface area contributed by atoms with Crippen molar-refractivity contribution in [3.8, 4) is 5.69 Å². The van der Waals surface area contributed by atoms with E-state index < -0.39 is 0 Å². The van der Waals surface area contributed by atoms with E-state index in [4.69, 9.17) is 5.11 Å². The third-order valence-electron chi connectivity index (χ3n) is 3.05. The van der Waals surface area contributed by atoms with Gasteiger partial charge in [-0.15, -0.1) is 5.10 Å². The van der Waals surface area contributed by atoms with Gasteiger partial charge in [-0.25, -0.2) is 9.07 Å². The van der Waals surface area contributed by atoms with Crippen molar-refractivity contribution < 1.29 is 14.3 Å². The van der Waals surface area contributed by atoms with Gasteiger partial charge in [0.25, 0.3) is 5.91 Å². The second kappa shape index (κ2) is 5.79. The molecule has 0 saturated heterocycles. The quantitative estimate of drug-likeness (QED) is 0.900. The highest BCUT2D eigenvalue weighted by molar-refractivity contribution is 5.92. The molecular weight excluding hydrogens is 263 g/mol. The third-order valence-corrected chi connectivity index (χ3v) is 3.05. The van der Waals surface area contributed by atoms with Crippen LogP contribution in [0.4, 0.5) is 4.39 Å². The number of benzene rings is 1. The van der Waals surface area contributed by atoms with Gasteiger partial charge < -0.3 is 10.0 Å². The summed E-state index contributed by atoms with van der Waals surface area (Å²) in [6.45, 7) is 1.59. The van der Waals surface area contributed by atoms with Crippen molar-refractivity contribution in [2.75, 3.05) is 13.7 Å². The van der Waals surface area contributed by atoms with Crippen LogP contribution < -0.4 is 0 Å². The molecule has 1 heterocycles. The lowest BCUT2D eigenvalue weighted by atomic mass is 10.3. The molecule has 1 aromatic carbocycles. The molecule has 1 atom stereocenters. The van der Waals surface area contributed by atoms with E-state index >= 15 is 0 Å². The Hall–Kier alpha value is -2.28. The Labute approximate surface area is 115 Å². The molecule has 106 valence electrons. The van der Waals surface area contributed by atoms with Crippen molar-refractivity contribution in [3.05, 3.63) is 42.0 Å². The van der Waals surface area contributed by atoms with E-state index in [0.717, 1.165) is 0 Å². The summed E-state index contributed by atoms with van der Waals surface area (Å²) in [5, 5.41) is 16.7. The molecule has 0 spiro atoms. The summed E-state index contributed by atoms with van der Waals surface area (Å²) < 4.78 is 14.2. The average molecular weight is 278 g/mol. The molecule has 0 saturated carbocycles. The lowest BCUT2D eigenvalue weighted by Crippen LogP contribution is -2.37. The van der Waals surface area contributed by atoms with Gasteiger partial charge in [0, 0.05) is 7.05 Å². The summed E-state index contributed by atoms with van der Waals surface area (Å²) >= 11 is 0. The molecule has 2 rings (SSSR count). The number of carbonyl (C=O) groups is 1. The highest BCUT2D eigenvalue weighted by Crippen LogP contribution is 2.09. The number of aromatic nitrogens is 3. The molecule has 7 heteroatoms. The number of rotatable bonds is 4. The van der Waals surface area contributed by atoms with Crippen molar-refractivity contribution in [1.82, 2.24) is 19.9 Å². The number of amides is 1. The monoisotopic (exact) mass is 278 g/mol. The van der Waals surface area contributed by atoms with Crippen molar-refractivity contribution in [2.24, 2.45) is 0 Å². The molecule has 2 aromatic rings. The van der Waals surface area contributed by atoms with Gasteiger partial charge >= 0.3 is 0 Å². The fourth-order valence-electron chi connectivity index (χ4n) is 1.59. The molecule has 20 heavy (non-hydrogen) atoms. The van der Waals surface area contributed by atoms with E-state index in [1.54, 1.807) is 26.1 Å². The van der Waals surface area contributed by atoms with E-state index in [1.165, 1.54) is 27.9 Å². The molecule has 1 unspecified atom stereocenters. The average Bonchev–Trinajstić information content (AvgIpc) is 2.95. The molecular formula is C13H15FN4O2. The zero-order valence-corrected chi connectivity index (χ0v) is 11.2. The van der Waals surface area contributed by atoms with E-state index in [0.29, 0.717) is 5.69 Å². The van der Waals surface area contributed by atoms with Gasteiger partial charge in [0.05, 0.1) is 24.5 Å². The molecule has 0 aliphatic carbocycles. The molecule has 0 aliphatic rings. The minimum Gasteiger partial charge on any atom is -0.394 e. The highest BCUT2D eigenvalue weighted by atomic mass is 19.1. The van der Waals surface area contributed by atoms with Gasteiger partial charge in [-0.2, -0.15) is 0 Å². The summed E-state index contributed by atoms with van der Waals surface area (Å²) in [5.41, 5.74) is 0.771. The minimum atomic E-state index is -0.346. The first-order valence-electron chi connectivity index (χ1n) is 6.09. The number of hydrogen-bond donors (Lipinski definition) is 1. The minimum absolute atomic E-state index is 0.131. The SMILES string of the molecule is CC(CO)N(C)C(=O)c1cn(-c2ccc(F)cc2)nn1. The van der Waals surface area contributed by atoms with Crippen LogP contribution in [0.2, 0.25) is 0 Å². The largest absolute Gasteiger partial charge is 0.394 e. The number of likely N-dealkylation sites (N-methyl/N-ethyl adjacent to an activating group) is 1. The first-order valence-corrected chi connectivity index (χ1v) is 6.09. The zero-order chi connectivity index (χ0) is 14.7. The molecule has 0 bridgehead atoms. The number of nitrogens with zero attached hydrogens (tertiary/aromatic N) is 4. The Balaban J connectivity index is 2.20. The maximum absolute atomic E-state index is 12.8. The third kappa shape index (κ3) is 2.83. The fraction of sp³-hybridized carbons (Fsp3) is 0.308. The van der Waals surface area contributed by atoms with E-state index in [9.17, 15) is 9.18 Å². The molecule has 6 nitrogen and oxygen atoms in total. The molecule has 0 aliphatic heterocycles. The lowest BCUT2D eigenvalue weighted by Gasteiger charge is -2.21. The first kappa shape index (κ1) is 14.1. The Bertz CT molecular complexity index is 597. The van der Waals surface area contributed by atoms with Crippen molar-refractivity contribution >= 4 is 5.91 Å². The number of carbonyl (C=O) groups excluding carboxylic acids is 1. The van der Waals surface area contributed by atoms with Crippen molar-refractivity contribution in [1.29, 1.82) is 0 Å². The smallest absolute Gasteiger partial charge is 0.276 e. The van der Waals surface area contributed by atoms with Crippen molar-refractivity contribution in [3.63, 3.8) is 0 Å². The fourth-order valence-corrected chi connectivity index (χ4v) is 1.59. The van der Waals surface area contributed by atoms with Crippen LogP contribution in [0, 0.1) is 5.82 Å². The van der Waals surface area contributed by atoms with Crippen LogP contribution in [0.15, 0.2) is 30.5 Å². The zero-order valence-electron chi connectivity index (χ0n) is 11.2. The number of hydrogen-bond acceptors (Lipinski definition) is 4. The molecule has 1 amide bonds. The van der Waals surface area contributed by atoms with Gasteiger partial charge in [-0.3, -0.25) is 4.79 Å². The molecule has 0 fully saturated rings. The Morgan fingerprint density at radius 3 is 2.70 bits per heavy atom. The topological polar surface area (TPSA) is 71.2 Å². The number of aliphatic hydroxyl groups excluding tert-OH is 1. The Morgan fingerprint density at radius 2 is 2.10 bits per heavy atom. The standard InChI is InChI=1S/C13H15FN4O2/c1-9(8-19)17(2)13(20)12-7-18(16-15-12)11-5-3-10(14)4-6-11/h3-7,9,19H,8H2,1-2H3. The van der Waals surface area contributed by atoms with E-state index in [-0.39, 0.29) is 30.1 Å². The highest BCUT2D eigenvalue weighted by Gasteiger charge is 2.20. The lowest BCUT2D eigenvalue weighted by molar-refractivity contribution is 0.0676. The summed E-state index contributed by atoms with van der Waals surface area (Å²) in [4.78, 5) is 13.5. The van der Waals surface area contributed by atoms with Crippen LogP contribution in [-0.2, 0) is 0 Å². The Kier molecular flexibility index (Phi) is 4.09. The van der Waals surface area contributed by atoms with Gasteiger partial charge in [-0.1, -0.05) is 5.21 Å². The van der Waals surface area contributed by atoms with Crippen LogP contribution in [0.5, 0.6) is 0 Å². The van der Waals surface area contributed by atoms with Crippen molar-refractivity contribution in [2.45, 2.75) is 13.0 Å².